The zero-order valence-electron chi connectivity index (χ0n) is 10.4. The van der Waals surface area contributed by atoms with Gasteiger partial charge in [0.2, 0.25) is 0 Å². The highest BCUT2D eigenvalue weighted by molar-refractivity contribution is 5.24. The van der Waals surface area contributed by atoms with Gasteiger partial charge in [-0.05, 0) is 18.5 Å². The molecule has 0 amide bonds. The van der Waals surface area contributed by atoms with E-state index in [1.807, 2.05) is 20.8 Å². The molecule has 0 aliphatic carbocycles. The molecule has 0 heterocycles. The van der Waals surface area contributed by atoms with Crippen molar-refractivity contribution in [3.05, 3.63) is 35.1 Å². The molecule has 0 aliphatic rings. The fourth-order valence-electron chi connectivity index (χ4n) is 1.85. The average Bonchev–Trinajstić information content (AvgIpc) is 2.30. The summed E-state index contributed by atoms with van der Waals surface area (Å²) >= 11 is 0. The van der Waals surface area contributed by atoms with E-state index in [0.29, 0.717) is 12.6 Å². The Kier molecular flexibility index (Phi) is 5.00. The molecule has 0 bridgehead atoms. The van der Waals surface area contributed by atoms with Crippen LogP contribution in [0.2, 0.25) is 0 Å². The Morgan fingerprint density at radius 3 is 2.18 bits per heavy atom. The molecular formula is C13H18F3N. The molecule has 0 aliphatic heterocycles. The lowest BCUT2D eigenvalue weighted by Crippen LogP contribution is -2.27. The maximum absolute atomic E-state index is 13.7. The third kappa shape index (κ3) is 3.22. The van der Waals surface area contributed by atoms with Crippen molar-refractivity contribution in [1.82, 2.24) is 5.32 Å². The first-order chi connectivity index (χ1) is 8.01. The van der Waals surface area contributed by atoms with Gasteiger partial charge in [-0.15, -0.1) is 0 Å². The number of hydrogen-bond acceptors (Lipinski definition) is 1. The van der Waals surface area contributed by atoms with Crippen molar-refractivity contribution in [3.63, 3.8) is 0 Å². The SMILES string of the molecule is CCNC(c1cc(F)c(F)cc1F)C(C)CC. The summed E-state index contributed by atoms with van der Waals surface area (Å²) in [7, 11) is 0. The Bertz CT molecular complexity index is 379. The standard InChI is InChI=1S/C13H18F3N/c1-4-8(3)13(17-5-2)9-6-11(15)12(16)7-10(9)14/h6-8,13,17H,4-5H2,1-3H3. The van der Waals surface area contributed by atoms with E-state index < -0.39 is 17.5 Å². The van der Waals surface area contributed by atoms with E-state index in [0.717, 1.165) is 12.5 Å². The first-order valence-corrected chi connectivity index (χ1v) is 5.89. The van der Waals surface area contributed by atoms with Crippen molar-refractivity contribution < 1.29 is 13.2 Å². The summed E-state index contributed by atoms with van der Waals surface area (Å²) < 4.78 is 39.7. The van der Waals surface area contributed by atoms with Crippen LogP contribution in [0, 0.1) is 23.4 Å². The highest BCUT2D eigenvalue weighted by Gasteiger charge is 2.22. The molecule has 17 heavy (non-hydrogen) atoms. The van der Waals surface area contributed by atoms with E-state index in [1.54, 1.807) is 0 Å². The number of rotatable bonds is 5. The van der Waals surface area contributed by atoms with Gasteiger partial charge in [0.05, 0.1) is 0 Å². The molecule has 0 saturated heterocycles. The van der Waals surface area contributed by atoms with Crippen molar-refractivity contribution in [2.45, 2.75) is 33.2 Å². The Labute approximate surface area is 100 Å². The lowest BCUT2D eigenvalue weighted by molar-refractivity contribution is 0.367. The summed E-state index contributed by atoms with van der Waals surface area (Å²) in [4.78, 5) is 0. The summed E-state index contributed by atoms with van der Waals surface area (Å²) in [5, 5.41) is 3.11. The third-order valence-corrected chi connectivity index (χ3v) is 3.01. The molecule has 1 N–H and O–H groups in total. The average molecular weight is 245 g/mol. The van der Waals surface area contributed by atoms with Crippen LogP contribution < -0.4 is 5.32 Å². The first kappa shape index (κ1) is 14.0. The van der Waals surface area contributed by atoms with Gasteiger partial charge in [-0.3, -0.25) is 0 Å². The molecule has 2 unspecified atom stereocenters. The van der Waals surface area contributed by atoms with Crippen molar-refractivity contribution in [1.29, 1.82) is 0 Å². The Balaban J connectivity index is 3.13. The topological polar surface area (TPSA) is 12.0 Å². The second kappa shape index (κ2) is 6.05. The van der Waals surface area contributed by atoms with Gasteiger partial charge >= 0.3 is 0 Å². The second-order valence-electron chi connectivity index (χ2n) is 4.21. The monoisotopic (exact) mass is 245 g/mol. The lowest BCUT2D eigenvalue weighted by atomic mass is 9.92. The molecule has 0 aromatic heterocycles. The van der Waals surface area contributed by atoms with Gasteiger partial charge in [-0.2, -0.15) is 0 Å². The maximum Gasteiger partial charge on any atom is 0.161 e. The molecule has 4 heteroatoms. The normalized spacial score (nSPS) is 14.7. The van der Waals surface area contributed by atoms with Gasteiger partial charge in [0.25, 0.3) is 0 Å². The Morgan fingerprint density at radius 1 is 1.06 bits per heavy atom. The number of hydrogen-bond donors (Lipinski definition) is 1. The smallest absolute Gasteiger partial charge is 0.161 e. The number of halogens is 3. The molecule has 1 nitrogen and oxygen atoms in total. The van der Waals surface area contributed by atoms with Gasteiger partial charge in [-0.1, -0.05) is 27.2 Å². The van der Waals surface area contributed by atoms with E-state index in [9.17, 15) is 13.2 Å². The van der Waals surface area contributed by atoms with Crippen molar-refractivity contribution in [3.8, 4) is 0 Å². The van der Waals surface area contributed by atoms with Gasteiger partial charge < -0.3 is 5.32 Å². The van der Waals surface area contributed by atoms with E-state index in [4.69, 9.17) is 0 Å². The maximum atomic E-state index is 13.7. The molecule has 1 aromatic carbocycles. The molecular weight excluding hydrogens is 227 g/mol. The minimum atomic E-state index is -1.15. The molecule has 0 spiro atoms. The predicted molar refractivity (Wildman–Crippen MR) is 62.2 cm³/mol. The highest BCUT2D eigenvalue weighted by atomic mass is 19.2. The first-order valence-electron chi connectivity index (χ1n) is 5.89. The summed E-state index contributed by atoms with van der Waals surface area (Å²) in [5.74, 6) is -2.71. The van der Waals surface area contributed by atoms with Crippen molar-refractivity contribution >= 4 is 0 Å². The van der Waals surface area contributed by atoms with Gasteiger partial charge in [0.15, 0.2) is 11.6 Å². The highest BCUT2D eigenvalue weighted by Crippen LogP contribution is 2.27. The van der Waals surface area contributed by atoms with Crippen LogP contribution >= 0.6 is 0 Å². The minimum Gasteiger partial charge on any atom is -0.310 e. The van der Waals surface area contributed by atoms with Gasteiger partial charge in [0.1, 0.15) is 5.82 Å². The summed E-state index contributed by atoms with van der Waals surface area (Å²) in [6.07, 6.45) is 0.829. The zero-order chi connectivity index (χ0) is 13.0. The predicted octanol–water partition coefficient (Wildman–Crippen LogP) is 3.80. The number of nitrogens with one attached hydrogen (secondary N) is 1. The Hall–Kier alpha value is -1.03. The van der Waals surface area contributed by atoms with Crippen LogP contribution in [-0.4, -0.2) is 6.54 Å². The van der Waals surface area contributed by atoms with Crippen molar-refractivity contribution in [2.75, 3.05) is 6.54 Å². The van der Waals surface area contributed by atoms with Crippen LogP contribution in [-0.2, 0) is 0 Å². The van der Waals surface area contributed by atoms with Crippen molar-refractivity contribution in [2.24, 2.45) is 5.92 Å². The summed E-state index contributed by atoms with van der Waals surface area (Å²) in [6, 6.07) is 1.27. The molecule has 2 atom stereocenters. The fraction of sp³-hybridized carbons (Fsp3) is 0.538. The van der Waals surface area contributed by atoms with Crippen LogP contribution in [0.4, 0.5) is 13.2 Å². The van der Waals surface area contributed by atoms with Crippen LogP contribution in [0.5, 0.6) is 0 Å². The van der Waals surface area contributed by atoms with Crippen LogP contribution in [0.25, 0.3) is 0 Å². The Morgan fingerprint density at radius 2 is 1.65 bits per heavy atom. The molecule has 1 rings (SSSR count). The van der Waals surface area contributed by atoms with E-state index >= 15 is 0 Å². The fourth-order valence-corrected chi connectivity index (χ4v) is 1.85. The number of benzene rings is 1. The summed E-state index contributed by atoms with van der Waals surface area (Å²) in [6.45, 7) is 6.47. The minimum absolute atomic E-state index is 0.148. The van der Waals surface area contributed by atoms with E-state index in [2.05, 4.69) is 5.32 Å². The van der Waals surface area contributed by atoms with Gasteiger partial charge in [-0.25, -0.2) is 13.2 Å². The van der Waals surface area contributed by atoms with Crippen LogP contribution in [0.15, 0.2) is 12.1 Å². The lowest BCUT2D eigenvalue weighted by Gasteiger charge is -2.24. The zero-order valence-corrected chi connectivity index (χ0v) is 10.4. The van der Waals surface area contributed by atoms with Crippen LogP contribution in [0.1, 0.15) is 38.8 Å². The third-order valence-electron chi connectivity index (χ3n) is 3.01. The van der Waals surface area contributed by atoms with Crippen LogP contribution in [0.3, 0.4) is 0 Å². The largest absolute Gasteiger partial charge is 0.310 e. The molecule has 0 radical (unpaired) electrons. The van der Waals surface area contributed by atoms with E-state index in [1.165, 1.54) is 0 Å². The van der Waals surface area contributed by atoms with E-state index in [-0.39, 0.29) is 17.5 Å². The molecule has 96 valence electrons. The molecule has 1 aromatic rings. The molecule has 0 fully saturated rings. The molecule has 0 saturated carbocycles. The summed E-state index contributed by atoms with van der Waals surface area (Å²) in [5.41, 5.74) is 0.195. The van der Waals surface area contributed by atoms with Gasteiger partial charge in [0, 0.05) is 17.7 Å². The second-order valence-corrected chi connectivity index (χ2v) is 4.21. The quantitative estimate of drug-likeness (QED) is 0.778.